The summed E-state index contributed by atoms with van der Waals surface area (Å²) in [5, 5.41) is 2.94. The highest BCUT2D eigenvalue weighted by molar-refractivity contribution is 5.94. The molecule has 0 aromatic heterocycles. The number of aryl methyl sites for hydroxylation is 1. The van der Waals surface area contributed by atoms with Crippen molar-refractivity contribution in [2.45, 2.75) is 20.3 Å². The van der Waals surface area contributed by atoms with Gasteiger partial charge in [0.25, 0.3) is 5.91 Å². The molecule has 1 amide bonds. The molecule has 0 saturated carbocycles. The van der Waals surface area contributed by atoms with Crippen LogP contribution in [0.5, 0.6) is 11.5 Å². The van der Waals surface area contributed by atoms with E-state index < -0.39 is 0 Å². The zero-order valence-corrected chi connectivity index (χ0v) is 13.9. The minimum atomic E-state index is -0.0651. The summed E-state index contributed by atoms with van der Waals surface area (Å²) in [6.45, 7) is 5.10. The highest BCUT2D eigenvalue weighted by Crippen LogP contribution is 2.19. The van der Waals surface area contributed by atoms with Crippen LogP contribution in [0, 0.1) is 6.92 Å². The van der Waals surface area contributed by atoms with Crippen molar-refractivity contribution in [2.75, 3.05) is 20.3 Å². The molecule has 122 valence electrons. The van der Waals surface area contributed by atoms with E-state index in [2.05, 4.69) is 5.32 Å². The van der Waals surface area contributed by atoms with Gasteiger partial charge in [0.1, 0.15) is 11.5 Å². The van der Waals surface area contributed by atoms with Crippen LogP contribution in [0.1, 0.15) is 28.4 Å². The molecule has 4 heteroatoms. The van der Waals surface area contributed by atoms with Gasteiger partial charge in [0.2, 0.25) is 0 Å². The minimum Gasteiger partial charge on any atom is -0.497 e. The second-order valence-corrected chi connectivity index (χ2v) is 5.27. The molecular weight excluding hydrogens is 290 g/mol. The molecule has 2 rings (SSSR count). The lowest BCUT2D eigenvalue weighted by Gasteiger charge is -2.10. The minimum absolute atomic E-state index is 0.0651. The van der Waals surface area contributed by atoms with Crippen LogP contribution in [-0.4, -0.2) is 26.2 Å². The van der Waals surface area contributed by atoms with Gasteiger partial charge in [-0.25, -0.2) is 0 Å². The molecule has 4 nitrogen and oxygen atoms in total. The first-order valence-corrected chi connectivity index (χ1v) is 7.78. The number of methoxy groups -OCH3 is 1. The average Bonchev–Trinajstić information content (AvgIpc) is 2.57. The second kappa shape index (κ2) is 8.22. The first-order valence-electron chi connectivity index (χ1n) is 7.78. The van der Waals surface area contributed by atoms with E-state index in [0.29, 0.717) is 18.7 Å². The lowest BCUT2D eigenvalue weighted by atomic mass is 10.1. The van der Waals surface area contributed by atoms with Gasteiger partial charge in [0, 0.05) is 12.1 Å². The monoisotopic (exact) mass is 313 g/mol. The molecule has 0 fully saturated rings. The fourth-order valence-corrected chi connectivity index (χ4v) is 2.32. The summed E-state index contributed by atoms with van der Waals surface area (Å²) in [5.74, 6) is 1.59. The third kappa shape index (κ3) is 4.74. The third-order valence-electron chi connectivity index (χ3n) is 3.60. The second-order valence-electron chi connectivity index (χ2n) is 5.27. The van der Waals surface area contributed by atoms with E-state index in [1.807, 2.05) is 50.2 Å². The molecule has 2 aromatic carbocycles. The molecule has 0 bridgehead atoms. The quantitative estimate of drug-likeness (QED) is 0.852. The fourth-order valence-electron chi connectivity index (χ4n) is 2.32. The number of nitrogens with one attached hydrogen (secondary N) is 1. The topological polar surface area (TPSA) is 47.6 Å². The maximum Gasteiger partial charge on any atom is 0.251 e. The number of benzene rings is 2. The van der Waals surface area contributed by atoms with Crippen LogP contribution in [0.2, 0.25) is 0 Å². The van der Waals surface area contributed by atoms with Gasteiger partial charge in [-0.15, -0.1) is 0 Å². The molecule has 0 radical (unpaired) electrons. The molecule has 0 saturated heterocycles. The Morgan fingerprint density at radius 3 is 2.48 bits per heavy atom. The maximum absolute atomic E-state index is 12.2. The largest absolute Gasteiger partial charge is 0.497 e. The Hall–Kier alpha value is -2.49. The Kier molecular flexibility index (Phi) is 6.03. The smallest absolute Gasteiger partial charge is 0.251 e. The van der Waals surface area contributed by atoms with E-state index in [-0.39, 0.29) is 5.91 Å². The first kappa shape index (κ1) is 16.9. The number of carbonyl (C=O) groups is 1. The zero-order valence-electron chi connectivity index (χ0n) is 13.9. The van der Waals surface area contributed by atoms with Crippen molar-refractivity contribution in [3.05, 3.63) is 59.2 Å². The summed E-state index contributed by atoms with van der Waals surface area (Å²) >= 11 is 0. The van der Waals surface area contributed by atoms with Crippen LogP contribution in [0.3, 0.4) is 0 Å². The van der Waals surface area contributed by atoms with Gasteiger partial charge < -0.3 is 14.8 Å². The molecule has 0 aliphatic carbocycles. The van der Waals surface area contributed by atoms with E-state index in [1.165, 1.54) is 0 Å². The van der Waals surface area contributed by atoms with E-state index in [4.69, 9.17) is 9.47 Å². The van der Waals surface area contributed by atoms with Gasteiger partial charge in [-0.05, 0) is 61.7 Å². The molecular formula is C19H23NO3. The van der Waals surface area contributed by atoms with Crippen LogP contribution >= 0.6 is 0 Å². The van der Waals surface area contributed by atoms with Crippen molar-refractivity contribution in [3.8, 4) is 11.5 Å². The van der Waals surface area contributed by atoms with Gasteiger partial charge in [-0.3, -0.25) is 4.79 Å². The molecule has 0 spiro atoms. The SMILES string of the molecule is CCOc1ccc(C(=O)NCCc2ccc(OC)cc2)cc1C. The van der Waals surface area contributed by atoms with Crippen molar-refractivity contribution in [1.29, 1.82) is 0 Å². The Morgan fingerprint density at radius 2 is 1.87 bits per heavy atom. The van der Waals surface area contributed by atoms with Gasteiger partial charge in [0.15, 0.2) is 0 Å². The summed E-state index contributed by atoms with van der Waals surface area (Å²) in [4.78, 5) is 12.2. The summed E-state index contributed by atoms with van der Waals surface area (Å²) in [7, 11) is 1.65. The lowest BCUT2D eigenvalue weighted by Crippen LogP contribution is -2.25. The lowest BCUT2D eigenvalue weighted by molar-refractivity contribution is 0.0954. The molecule has 0 aliphatic heterocycles. The number of hydrogen-bond donors (Lipinski definition) is 1. The van der Waals surface area contributed by atoms with Crippen molar-refractivity contribution >= 4 is 5.91 Å². The first-order chi connectivity index (χ1) is 11.1. The van der Waals surface area contributed by atoms with Gasteiger partial charge >= 0.3 is 0 Å². The van der Waals surface area contributed by atoms with E-state index in [0.717, 1.165) is 29.0 Å². The van der Waals surface area contributed by atoms with E-state index in [1.54, 1.807) is 13.2 Å². The standard InChI is InChI=1S/C19H23NO3/c1-4-23-18-10-7-16(13-14(18)2)19(21)20-12-11-15-5-8-17(22-3)9-6-15/h5-10,13H,4,11-12H2,1-3H3,(H,20,21). The molecule has 0 atom stereocenters. The summed E-state index contributed by atoms with van der Waals surface area (Å²) in [5.41, 5.74) is 2.78. The molecule has 0 heterocycles. The number of ether oxygens (including phenoxy) is 2. The Bertz CT molecular complexity index is 650. The van der Waals surface area contributed by atoms with Gasteiger partial charge in [0.05, 0.1) is 13.7 Å². The summed E-state index contributed by atoms with van der Waals surface area (Å²) in [6, 6.07) is 13.4. The number of amides is 1. The highest BCUT2D eigenvalue weighted by Gasteiger charge is 2.08. The molecule has 2 aromatic rings. The number of hydrogen-bond acceptors (Lipinski definition) is 3. The van der Waals surface area contributed by atoms with E-state index >= 15 is 0 Å². The molecule has 0 aliphatic rings. The Labute approximate surface area is 137 Å². The van der Waals surface area contributed by atoms with Crippen LogP contribution in [0.15, 0.2) is 42.5 Å². The highest BCUT2D eigenvalue weighted by atomic mass is 16.5. The van der Waals surface area contributed by atoms with Crippen LogP contribution < -0.4 is 14.8 Å². The van der Waals surface area contributed by atoms with Crippen molar-refractivity contribution < 1.29 is 14.3 Å². The van der Waals surface area contributed by atoms with Crippen LogP contribution in [-0.2, 0) is 6.42 Å². The predicted octanol–water partition coefficient (Wildman–Crippen LogP) is 3.37. The van der Waals surface area contributed by atoms with Crippen molar-refractivity contribution in [2.24, 2.45) is 0 Å². The molecule has 23 heavy (non-hydrogen) atoms. The fraction of sp³-hybridized carbons (Fsp3) is 0.316. The predicted molar refractivity (Wildman–Crippen MR) is 91.4 cm³/mol. The van der Waals surface area contributed by atoms with Crippen molar-refractivity contribution in [1.82, 2.24) is 5.32 Å². The number of rotatable bonds is 7. The summed E-state index contributed by atoms with van der Waals surface area (Å²) in [6.07, 6.45) is 0.783. The van der Waals surface area contributed by atoms with E-state index in [9.17, 15) is 4.79 Å². The molecule has 1 N–H and O–H groups in total. The van der Waals surface area contributed by atoms with Gasteiger partial charge in [-0.2, -0.15) is 0 Å². The Morgan fingerprint density at radius 1 is 1.13 bits per heavy atom. The summed E-state index contributed by atoms with van der Waals surface area (Å²) < 4.78 is 10.6. The third-order valence-corrected chi connectivity index (χ3v) is 3.60. The maximum atomic E-state index is 12.2. The normalized spacial score (nSPS) is 10.2. The van der Waals surface area contributed by atoms with Gasteiger partial charge in [-0.1, -0.05) is 12.1 Å². The van der Waals surface area contributed by atoms with Crippen LogP contribution in [0.25, 0.3) is 0 Å². The average molecular weight is 313 g/mol. The zero-order chi connectivity index (χ0) is 16.7. The number of carbonyl (C=O) groups excluding carboxylic acids is 1. The van der Waals surface area contributed by atoms with Crippen molar-refractivity contribution in [3.63, 3.8) is 0 Å². The molecule has 0 unspecified atom stereocenters. The van der Waals surface area contributed by atoms with Crippen LogP contribution in [0.4, 0.5) is 0 Å². The Balaban J connectivity index is 1.87.